The highest BCUT2D eigenvalue weighted by Gasteiger charge is 2.22. The molecule has 0 aromatic carbocycles. The Balaban J connectivity index is 2.54. The van der Waals surface area contributed by atoms with Crippen LogP contribution in [0.1, 0.15) is 50.7 Å². The molecule has 0 unspecified atom stereocenters. The van der Waals surface area contributed by atoms with E-state index < -0.39 is 0 Å². The Morgan fingerprint density at radius 3 is 2.27 bits per heavy atom. The summed E-state index contributed by atoms with van der Waals surface area (Å²) in [5.74, 6) is 0. The molecule has 0 atom stereocenters. The van der Waals surface area contributed by atoms with Gasteiger partial charge in [-0.25, -0.2) is 4.98 Å². The maximum absolute atomic E-state index is 4.47. The van der Waals surface area contributed by atoms with Crippen LogP contribution >= 0.6 is 11.3 Å². The van der Waals surface area contributed by atoms with E-state index in [-0.39, 0.29) is 0 Å². The average Bonchev–Trinajstić information content (AvgIpc) is 2.67. The molecule has 0 saturated carbocycles. The summed E-state index contributed by atoms with van der Waals surface area (Å²) >= 11 is 1.73. The topological polar surface area (TPSA) is 24.9 Å². The van der Waals surface area contributed by atoms with Crippen molar-refractivity contribution in [1.29, 1.82) is 0 Å². The third kappa shape index (κ3) is 3.28. The Morgan fingerprint density at radius 2 is 1.87 bits per heavy atom. The van der Waals surface area contributed by atoms with Gasteiger partial charge in [0.2, 0.25) is 0 Å². The van der Waals surface area contributed by atoms with Gasteiger partial charge >= 0.3 is 0 Å². The van der Waals surface area contributed by atoms with E-state index in [1.807, 2.05) is 0 Å². The molecule has 1 aromatic rings. The molecule has 15 heavy (non-hydrogen) atoms. The van der Waals surface area contributed by atoms with Gasteiger partial charge in [-0.2, -0.15) is 0 Å². The second-order valence-corrected chi connectivity index (χ2v) is 5.11. The fraction of sp³-hybridized carbons (Fsp3) is 0.750. The lowest BCUT2D eigenvalue weighted by atomic mass is 9.90. The molecule has 0 aliphatic carbocycles. The average molecular weight is 226 g/mol. The lowest BCUT2D eigenvalue weighted by Gasteiger charge is -2.31. The van der Waals surface area contributed by atoms with Crippen LogP contribution in [0.3, 0.4) is 0 Å². The van der Waals surface area contributed by atoms with Crippen molar-refractivity contribution in [2.75, 3.05) is 0 Å². The number of hydrogen-bond donors (Lipinski definition) is 1. The molecular formula is C12H22N2S. The SMILES string of the molecule is CCC(CC)(CC)NCc1csc(C)n1. The van der Waals surface area contributed by atoms with Crippen LogP contribution in [0.2, 0.25) is 0 Å². The van der Waals surface area contributed by atoms with E-state index in [1.165, 1.54) is 25.0 Å². The van der Waals surface area contributed by atoms with Crippen LogP contribution in [-0.2, 0) is 6.54 Å². The quantitative estimate of drug-likeness (QED) is 0.803. The van der Waals surface area contributed by atoms with E-state index in [4.69, 9.17) is 0 Å². The summed E-state index contributed by atoms with van der Waals surface area (Å²) in [7, 11) is 0. The smallest absolute Gasteiger partial charge is 0.0897 e. The second-order valence-electron chi connectivity index (χ2n) is 4.05. The normalized spacial score (nSPS) is 12.0. The summed E-state index contributed by atoms with van der Waals surface area (Å²) in [5, 5.41) is 6.96. The van der Waals surface area contributed by atoms with Gasteiger partial charge in [0.05, 0.1) is 10.7 Å². The van der Waals surface area contributed by atoms with Crippen LogP contribution in [0.15, 0.2) is 5.38 Å². The van der Waals surface area contributed by atoms with Crippen molar-refractivity contribution in [3.8, 4) is 0 Å². The Bertz CT molecular complexity index is 281. The van der Waals surface area contributed by atoms with E-state index in [0.29, 0.717) is 5.54 Å². The third-order valence-electron chi connectivity index (χ3n) is 3.34. The van der Waals surface area contributed by atoms with E-state index in [9.17, 15) is 0 Å². The molecule has 3 heteroatoms. The zero-order chi connectivity index (χ0) is 11.3. The summed E-state index contributed by atoms with van der Waals surface area (Å²) in [6, 6.07) is 0. The van der Waals surface area contributed by atoms with Crippen molar-refractivity contribution >= 4 is 11.3 Å². The molecule has 0 amide bonds. The molecule has 0 aliphatic rings. The van der Waals surface area contributed by atoms with Gasteiger partial charge in [-0.05, 0) is 26.2 Å². The highest BCUT2D eigenvalue weighted by molar-refractivity contribution is 7.09. The minimum atomic E-state index is 0.303. The van der Waals surface area contributed by atoms with Crippen LogP contribution in [0, 0.1) is 6.92 Å². The molecule has 0 aliphatic heterocycles. The number of aromatic nitrogens is 1. The molecule has 86 valence electrons. The Morgan fingerprint density at radius 1 is 1.27 bits per heavy atom. The fourth-order valence-corrected chi connectivity index (χ4v) is 2.51. The Labute approximate surface area is 97.1 Å². The van der Waals surface area contributed by atoms with Crippen LogP contribution < -0.4 is 5.32 Å². The van der Waals surface area contributed by atoms with Gasteiger partial charge in [-0.15, -0.1) is 11.3 Å². The Hall–Kier alpha value is -0.410. The van der Waals surface area contributed by atoms with Crippen LogP contribution in [0.5, 0.6) is 0 Å². The van der Waals surface area contributed by atoms with Gasteiger partial charge in [-0.3, -0.25) is 0 Å². The van der Waals surface area contributed by atoms with Crippen molar-refractivity contribution in [3.63, 3.8) is 0 Å². The summed E-state index contributed by atoms with van der Waals surface area (Å²) < 4.78 is 0. The molecule has 2 nitrogen and oxygen atoms in total. The molecule has 0 spiro atoms. The first-order valence-corrected chi connectivity index (χ1v) is 6.69. The first-order valence-electron chi connectivity index (χ1n) is 5.81. The standard InChI is InChI=1S/C12H22N2S/c1-5-12(6-2,7-3)13-8-11-9-15-10(4)14-11/h9,13H,5-8H2,1-4H3. The molecule has 0 bridgehead atoms. The van der Waals surface area contributed by atoms with Crippen LogP contribution in [0.4, 0.5) is 0 Å². The number of aryl methyl sites for hydroxylation is 1. The molecule has 0 fully saturated rings. The third-order valence-corrected chi connectivity index (χ3v) is 4.16. The number of thiazole rings is 1. The maximum Gasteiger partial charge on any atom is 0.0897 e. The van der Waals surface area contributed by atoms with Crippen LogP contribution in [0.25, 0.3) is 0 Å². The lowest BCUT2D eigenvalue weighted by Crippen LogP contribution is -2.43. The Kier molecular flexibility index (Phi) is 4.74. The number of hydrogen-bond acceptors (Lipinski definition) is 3. The number of nitrogens with zero attached hydrogens (tertiary/aromatic N) is 1. The largest absolute Gasteiger partial charge is 0.306 e. The molecule has 1 aromatic heterocycles. The lowest BCUT2D eigenvalue weighted by molar-refractivity contribution is 0.287. The first kappa shape index (κ1) is 12.7. The second kappa shape index (κ2) is 5.61. The van der Waals surface area contributed by atoms with Crippen molar-refractivity contribution in [2.24, 2.45) is 0 Å². The molecule has 1 heterocycles. The van der Waals surface area contributed by atoms with E-state index >= 15 is 0 Å². The molecule has 1 rings (SSSR count). The first-order chi connectivity index (χ1) is 7.15. The fourth-order valence-electron chi connectivity index (χ4n) is 1.89. The zero-order valence-corrected chi connectivity index (χ0v) is 11.1. The highest BCUT2D eigenvalue weighted by atomic mass is 32.1. The minimum Gasteiger partial charge on any atom is -0.306 e. The number of rotatable bonds is 6. The van der Waals surface area contributed by atoms with Gasteiger partial charge in [-0.1, -0.05) is 20.8 Å². The predicted octanol–water partition coefficient (Wildman–Crippen LogP) is 3.51. The van der Waals surface area contributed by atoms with Gasteiger partial charge in [0.15, 0.2) is 0 Å². The monoisotopic (exact) mass is 226 g/mol. The summed E-state index contributed by atoms with van der Waals surface area (Å²) in [6.45, 7) is 9.73. The summed E-state index contributed by atoms with van der Waals surface area (Å²) in [6.07, 6.45) is 3.55. The van der Waals surface area contributed by atoms with Crippen molar-refractivity contribution in [2.45, 2.75) is 59.0 Å². The van der Waals surface area contributed by atoms with E-state index in [1.54, 1.807) is 11.3 Å². The molecular weight excluding hydrogens is 204 g/mol. The van der Waals surface area contributed by atoms with Gasteiger partial charge in [0.25, 0.3) is 0 Å². The molecule has 0 saturated heterocycles. The summed E-state index contributed by atoms with van der Waals surface area (Å²) in [5.41, 5.74) is 1.48. The van der Waals surface area contributed by atoms with Crippen LogP contribution in [-0.4, -0.2) is 10.5 Å². The maximum atomic E-state index is 4.47. The highest BCUT2D eigenvalue weighted by Crippen LogP contribution is 2.20. The predicted molar refractivity (Wildman–Crippen MR) is 67.3 cm³/mol. The summed E-state index contributed by atoms with van der Waals surface area (Å²) in [4.78, 5) is 4.47. The minimum absolute atomic E-state index is 0.303. The van der Waals surface area contributed by atoms with Crippen molar-refractivity contribution in [1.82, 2.24) is 10.3 Å². The van der Waals surface area contributed by atoms with Gasteiger partial charge in [0.1, 0.15) is 0 Å². The van der Waals surface area contributed by atoms with Crippen molar-refractivity contribution in [3.05, 3.63) is 16.1 Å². The van der Waals surface area contributed by atoms with E-state index in [2.05, 4.69) is 43.4 Å². The van der Waals surface area contributed by atoms with Gasteiger partial charge in [0, 0.05) is 17.5 Å². The number of nitrogens with one attached hydrogen (secondary N) is 1. The molecule has 0 radical (unpaired) electrons. The van der Waals surface area contributed by atoms with Gasteiger partial charge < -0.3 is 5.32 Å². The van der Waals surface area contributed by atoms with Crippen molar-refractivity contribution < 1.29 is 0 Å². The van der Waals surface area contributed by atoms with E-state index in [0.717, 1.165) is 11.6 Å². The molecule has 1 N–H and O–H groups in total. The zero-order valence-electron chi connectivity index (χ0n) is 10.3.